The van der Waals surface area contributed by atoms with Crippen molar-refractivity contribution in [3.63, 3.8) is 0 Å². The van der Waals surface area contributed by atoms with E-state index in [0.717, 1.165) is 18.8 Å². The highest BCUT2D eigenvalue weighted by Crippen LogP contribution is 2.36. The number of aromatic nitrogens is 2. The summed E-state index contributed by atoms with van der Waals surface area (Å²) in [4.78, 5) is 0. The largest absolute Gasteiger partial charge is 0.369 e. The number of fused-ring (bicyclic) bond motifs is 1. The van der Waals surface area contributed by atoms with Gasteiger partial charge in [0.2, 0.25) is 0 Å². The zero-order valence-corrected chi connectivity index (χ0v) is 9.09. The zero-order chi connectivity index (χ0) is 10.2. The predicted molar refractivity (Wildman–Crippen MR) is 57.5 cm³/mol. The first-order valence-electron chi connectivity index (χ1n) is 5.24. The lowest BCUT2D eigenvalue weighted by atomic mass is 9.91. The molecule has 0 amide bonds. The fourth-order valence-electron chi connectivity index (χ4n) is 2.02. The van der Waals surface area contributed by atoms with Crippen molar-refractivity contribution in [3.05, 3.63) is 17.3 Å². The molecular formula is C11H17N3. The van der Waals surface area contributed by atoms with Crippen LogP contribution in [0.5, 0.6) is 0 Å². The first kappa shape index (κ1) is 9.44. The van der Waals surface area contributed by atoms with Crippen LogP contribution in [0.2, 0.25) is 0 Å². The second kappa shape index (κ2) is 3.23. The second-order valence-corrected chi connectivity index (χ2v) is 4.52. The molecule has 0 aromatic carbocycles. The van der Waals surface area contributed by atoms with Gasteiger partial charge in [0, 0.05) is 12.0 Å². The van der Waals surface area contributed by atoms with E-state index >= 15 is 0 Å². The monoisotopic (exact) mass is 191 g/mol. The molecule has 2 rings (SSSR count). The molecule has 3 nitrogen and oxygen atoms in total. The van der Waals surface area contributed by atoms with E-state index in [2.05, 4.69) is 42.4 Å². The Bertz CT molecular complexity index is 344. The van der Waals surface area contributed by atoms with E-state index in [1.165, 1.54) is 17.7 Å². The third kappa shape index (κ3) is 1.47. The van der Waals surface area contributed by atoms with Crippen molar-refractivity contribution in [2.45, 2.75) is 39.0 Å². The van der Waals surface area contributed by atoms with Gasteiger partial charge < -0.3 is 5.32 Å². The number of hydrogen-bond acceptors (Lipinski definition) is 3. The van der Waals surface area contributed by atoms with Crippen LogP contribution in [0, 0.1) is 0 Å². The Kier molecular flexibility index (Phi) is 2.17. The summed E-state index contributed by atoms with van der Waals surface area (Å²) in [5, 5.41) is 11.7. The van der Waals surface area contributed by atoms with Crippen LogP contribution in [-0.4, -0.2) is 16.7 Å². The molecule has 0 saturated heterocycles. The van der Waals surface area contributed by atoms with Crippen molar-refractivity contribution >= 4 is 5.82 Å². The lowest BCUT2D eigenvalue weighted by Gasteiger charge is -2.16. The summed E-state index contributed by atoms with van der Waals surface area (Å²) in [7, 11) is 0. The van der Waals surface area contributed by atoms with Gasteiger partial charge in [0.1, 0.15) is 5.82 Å². The topological polar surface area (TPSA) is 37.8 Å². The number of nitrogens with zero attached hydrogens (tertiary/aromatic N) is 2. The molecule has 1 heterocycles. The van der Waals surface area contributed by atoms with Crippen LogP contribution in [0.4, 0.5) is 5.82 Å². The van der Waals surface area contributed by atoms with Crippen molar-refractivity contribution in [1.29, 1.82) is 0 Å². The Labute approximate surface area is 84.9 Å². The molecule has 1 aliphatic rings. The molecule has 1 aromatic heterocycles. The molecule has 1 aromatic rings. The van der Waals surface area contributed by atoms with Gasteiger partial charge >= 0.3 is 0 Å². The lowest BCUT2D eigenvalue weighted by molar-refractivity contribution is 0.504. The summed E-state index contributed by atoms with van der Waals surface area (Å²) in [6, 6.07) is 2.14. The average Bonchev–Trinajstić information content (AvgIpc) is 2.43. The summed E-state index contributed by atoms with van der Waals surface area (Å²) in [6.07, 6.45) is 2.32. The van der Waals surface area contributed by atoms with E-state index in [1.54, 1.807) is 0 Å². The van der Waals surface area contributed by atoms with E-state index < -0.39 is 0 Å². The van der Waals surface area contributed by atoms with Gasteiger partial charge in [-0.2, -0.15) is 5.10 Å². The van der Waals surface area contributed by atoms with Crippen LogP contribution < -0.4 is 5.32 Å². The molecule has 14 heavy (non-hydrogen) atoms. The maximum atomic E-state index is 4.32. The third-order valence-electron chi connectivity index (χ3n) is 2.89. The van der Waals surface area contributed by atoms with Gasteiger partial charge in [-0.05, 0) is 31.4 Å². The van der Waals surface area contributed by atoms with E-state index in [9.17, 15) is 0 Å². The van der Waals surface area contributed by atoms with Gasteiger partial charge in [0.15, 0.2) is 0 Å². The number of nitrogens with one attached hydrogen (secondary N) is 1. The normalized spacial score (nSPS) is 17.9. The van der Waals surface area contributed by atoms with Crippen LogP contribution in [0.3, 0.4) is 0 Å². The first-order valence-corrected chi connectivity index (χ1v) is 5.24. The molecule has 3 heteroatoms. The van der Waals surface area contributed by atoms with Gasteiger partial charge in [-0.1, -0.05) is 13.8 Å². The standard InChI is InChI=1S/C11H17N3/c1-4-12-9-7-8-5-6-11(2,3)10(8)14-13-9/h7H,4-6H2,1-3H3,(H,12,13). The second-order valence-electron chi connectivity index (χ2n) is 4.52. The fourth-order valence-corrected chi connectivity index (χ4v) is 2.02. The molecule has 0 spiro atoms. The zero-order valence-electron chi connectivity index (χ0n) is 9.09. The summed E-state index contributed by atoms with van der Waals surface area (Å²) in [5.74, 6) is 0.906. The van der Waals surface area contributed by atoms with Crippen molar-refractivity contribution in [3.8, 4) is 0 Å². The molecule has 0 bridgehead atoms. The first-order chi connectivity index (χ1) is 6.63. The average molecular weight is 191 g/mol. The minimum atomic E-state index is 0.215. The number of anilines is 1. The van der Waals surface area contributed by atoms with Crippen molar-refractivity contribution in [2.75, 3.05) is 11.9 Å². The van der Waals surface area contributed by atoms with Crippen LogP contribution in [0.15, 0.2) is 6.07 Å². The van der Waals surface area contributed by atoms with E-state index in [-0.39, 0.29) is 5.41 Å². The highest BCUT2D eigenvalue weighted by Gasteiger charge is 2.31. The SMILES string of the molecule is CCNc1cc2c(nn1)C(C)(C)CC2. The Morgan fingerprint density at radius 2 is 2.21 bits per heavy atom. The Morgan fingerprint density at radius 3 is 2.93 bits per heavy atom. The van der Waals surface area contributed by atoms with Crippen LogP contribution in [0.1, 0.15) is 38.4 Å². The van der Waals surface area contributed by atoms with E-state index in [0.29, 0.717) is 0 Å². The Hall–Kier alpha value is -1.12. The van der Waals surface area contributed by atoms with Gasteiger partial charge in [-0.15, -0.1) is 5.10 Å². The fraction of sp³-hybridized carbons (Fsp3) is 0.636. The maximum absolute atomic E-state index is 4.32. The predicted octanol–water partition coefficient (Wildman–Crippen LogP) is 2.13. The molecule has 1 N–H and O–H groups in total. The van der Waals surface area contributed by atoms with Crippen molar-refractivity contribution in [2.24, 2.45) is 0 Å². The number of aryl methyl sites for hydroxylation is 1. The summed E-state index contributed by atoms with van der Waals surface area (Å²) >= 11 is 0. The molecule has 0 unspecified atom stereocenters. The third-order valence-corrected chi connectivity index (χ3v) is 2.89. The van der Waals surface area contributed by atoms with Gasteiger partial charge in [0.25, 0.3) is 0 Å². The Morgan fingerprint density at radius 1 is 1.43 bits per heavy atom. The van der Waals surface area contributed by atoms with Crippen LogP contribution in [-0.2, 0) is 11.8 Å². The van der Waals surface area contributed by atoms with E-state index in [1.807, 2.05) is 0 Å². The highest BCUT2D eigenvalue weighted by molar-refractivity contribution is 5.42. The molecule has 1 aliphatic carbocycles. The van der Waals surface area contributed by atoms with Crippen molar-refractivity contribution in [1.82, 2.24) is 10.2 Å². The molecule has 76 valence electrons. The van der Waals surface area contributed by atoms with Gasteiger partial charge in [-0.3, -0.25) is 0 Å². The van der Waals surface area contributed by atoms with Crippen molar-refractivity contribution < 1.29 is 0 Å². The maximum Gasteiger partial charge on any atom is 0.148 e. The lowest BCUT2D eigenvalue weighted by Crippen LogP contribution is -2.15. The molecule has 0 saturated carbocycles. The highest BCUT2D eigenvalue weighted by atomic mass is 15.2. The molecule has 0 fully saturated rings. The summed E-state index contributed by atoms with van der Waals surface area (Å²) in [5.41, 5.74) is 2.76. The molecule has 0 atom stereocenters. The molecular weight excluding hydrogens is 174 g/mol. The molecule has 0 aliphatic heterocycles. The smallest absolute Gasteiger partial charge is 0.148 e. The number of hydrogen-bond donors (Lipinski definition) is 1. The Balaban J connectivity index is 2.34. The minimum Gasteiger partial charge on any atom is -0.369 e. The van der Waals surface area contributed by atoms with Crippen LogP contribution >= 0.6 is 0 Å². The summed E-state index contributed by atoms with van der Waals surface area (Å²) < 4.78 is 0. The van der Waals surface area contributed by atoms with Crippen LogP contribution in [0.25, 0.3) is 0 Å². The minimum absolute atomic E-state index is 0.215. The van der Waals surface area contributed by atoms with E-state index in [4.69, 9.17) is 0 Å². The van der Waals surface area contributed by atoms with Gasteiger partial charge in [0.05, 0.1) is 5.69 Å². The molecule has 0 radical (unpaired) electrons. The quantitative estimate of drug-likeness (QED) is 0.778. The summed E-state index contributed by atoms with van der Waals surface area (Å²) in [6.45, 7) is 7.44. The number of rotatable bonds is 2. The van der Waals surface area contributed by atoms with Gasteiger partial charge in [-0.25, -0.2) is 0 Å².